The van der Waals surface area contributed by atoms with Gasteiger partial charge in [-0.1, -0.05) is 60.7 Å². The minimum Gasteiger partial charge on any atom is -0.362 e. The number of hydrogen-bond acceptors (Lipinski definition) is 4. The summed E-state index contributed by atoms with van der Waals surface area (Å²) in [7, 11) is -3.80. The standard InChI is InChI=1S/C20H25O5P/c1-3-24-20(18-13-9-6-10-14-18,15-16-26(22,23)25-4-2)19(21)17-11-7-5-8-12-17/h5-14H,3-4,15-16H2,1-2H3,(H,22,23). The van der Waals surface area contributed by atoms with Crippen LogP contribution in [0.5, 0.6) is 0 Å². The third-order valence-corrected chi connectivity index (χ3v) is 5.56. The van der Waals surface area contributed by atoms with Crippen molar-refractivity contribution in [3.8, 4) is 0 Å². The van der Waals surface area contributed by atoms with Crippen LogP contribution in [-0.2, 0) is 19.4 Å². The van der Waals surface area contributed by atoms with Gasteiger partial charge in [-0.25, -0.2) is 0 Å². The van der Waals surface area contributed by atoms with Crippen LogP contribution < -0.4 is 0 Å². The highest BCUT2D eigenvalue weighted by Crippen LogP contribution is 2.46. The molecule has 2 aromatic carbocycles. The summed E-state index contributed by atoms with van der Waals surface area (Å²) in [5.74, 6) is -0.234. The molecule has 0 fully saturated rings. The van der Waals surface area contributed by atoms with Gasteiger partial charge in [-0.2, -0.15) is 0 Å². The van der Waals surface area contributed by atoms with Gasteiger partial charge in [0.2, 0.25) is 0 Å². The van der Waals surface area contributed by atoms with Crippen molar-refractivity contribution in [1.82, 2.24) is 0 Å². The molecule has 1 N–H and O–H groups in total. The van der Waals surface area contributed by atoms with Gasteiger partial charge in [-0.15, -0.1) is 0 Å². The van der Waals surface area contributed by atoms with Crippen LogP contribution in [0.2, 0.25) is 0 Å². The van der Waals surface area contributed by atoms with E-state index in [1.165, 1.54) is 0 Å². The number of carbonyl (C=O) groups excluding carboxylic acids is 1. The highest BCUT2D eigenvalue weighted by atomic mass is 31.2. The Balaban J connectivity index is 2.48. The first-order valence-corrected chi connectivity index (χ1v) is 10.5. The van der Waals surface area contributed by atoms with Crippen molar-refractivity contribution in [3.05, 3.63) is 71.8 Å². The van der Waals surface area contributed by atoms with Crippen molar-refractivity contribution >= 4 is 13.4 Å². The number of hydrogen-bond donors (Lipinski definition) is 1. The fraction of sp³-hybridized carbons (Fsp3) is 0.350. The second-order valence-electron chi connectivity index (χ2n) is 5.85. The molecular weight excluding hydrogens is 351 g/mol. The maximum atomic E-state index is 13.4. The van der Waals surface area contributed by atoms with Gasteiger partial charge in [-0.3, -0.25) is 9.36 Å². The Morgan fingerprint density at radius 1 is 1.00 bits per heavy atom. The normalized spacial score (nSPS) is 15.8. The van der Waals surface area contributed by atoms with Crippen LogP contribution in [0.1, 0.15) is 36.2 Å². The van der Waals surface area contributed by atoms with Gasteiger partial charge >= 0.3 is 7.60 Å². The van der Waals surface area contributed by atoms with E-state index in [1.807, 2.05) is 24.3 Å². The van der Waals surface area contributed by atoms with E-state index in [0.717, 1.165) is 0 Å². The Labute approximate surface area is 154 Å². The van der Waals surface area contributed by atoms with Crippen LogP contribution in [0.3, 0.4) is 0 Å². The zero-order chi connectivity index (χ0) is 19.0. The molecule has 26 heavy (non-hydrogen) atoms. The zero-order valence-corrected chi connectivity index (χ0v) is 16.0. The molecule has 2 aromatic rings. The summed E-state index contributed by atoms with van der Waals surface area (Å²) in [6.45, 7) is 3.88. The Hall–Kier alpha value is -1.78. The fourth-order valence-corrected chi connectivity index (χ4v) is 4.08. The van der Waals surface area contributed by atoms with Crippen LogP contribution in [0.25, 0.3) is 0 Å². The maximum absolute atomic E-state index is 13.4. The van der Waals surface area contributed by atoms with Crippen molar-refractivity contribution in [3.63, 3.8) is 0 Å². The van der Waals surface area contributed by atoms with E-state index in [4.69, 9.17) is 9.26 Å². The number of Topliss-reactive ketones (excluding diaryl/α,β-unsaturated/α-hetero) is 1. The molecule has 0 saturated heterocycles. The van der Waals surface area contributed by atoms with E-state index < -0.39 is 13.2 Å². The number of ether oxygens (including phenoxy) is 1. The number of benzene rings is 2. The predicted molar refractivity (Wildman–Crippen MR) is 101 cm³/mol. The lowest BCUT2D eigenvalue weighted by Crippen LogP contribution is -2.40. The average Bonchev–Trinajstić information content (AvgIpc) is 2.66. The van der Waals surface area contributed by atoms with Crippen molar-refractivity contribution in [2.24, 2.45) is 0 Å². The Kier molecular flexibility index (Phi) is 7.30. The van der Waals surface area contributed by atoms with Crippen LogP contribution in [0.15, 0.2) is 60.7 Å². The van der Waals surface area contributed by atoms with E-state index in [2.05, 4.69) is 0 Å². The molecule has 2 rings (SSSR count). The van der Waals surface area contributed by atoms with E-state index in [-0.39, 0.29) is 31.6 Å². The SMILES string of the molecule is CCOC(CCP(=O)(O)OCC)(C(=O)c1ccccc1)c1ccccc1. The highest BCUT2D eigenvalue weighted by Gasteiger charge is 2.43. The summed E-state index contributed by atoms with van der Waals surface area (Å²) in [4.78, 5) is 23.4. The molecule has 0 aliphatic heterocycles. The summed E-state index contributed by atoms with van der Waals surface area (Å²) in [5.41, 5.74) is -0.187. The molecule has 2 atom stereocenters. The van der Waals surface area contributed by atoms with Gasteiger partial charge < -0.3 is 14.2 Å². The van der Waals surface area contributed by atoms with Crippen LogP contribution in [0, 0.1) is 0 Å². The quantitative estimate of drug-likeness (QED) is 0.491. The summed E-state index contributed by atoms with van der Waals surface area (Å²) < 4.78 is 23.2. The third kappa shape index (κ3) is 4.89. The lowest BCUT2D eigenvalue weighted by Gasteiger charge is -2.33. The predicted octanol–water partition coefficient (Wildman–Crippen LogP) is 4.41. The van der Waals surface area contributed by atoms with E-state index in [9.17, 15) is 14.3 Å². The van der Waals surface area contributed by atoms with Gasteiger partial charge in [0.1, 0.15) is 0 Å². The molecule has 2 unspecified atom stereocenters. The fourth-order valence-electron chi connectivity index (χ4n) is 2.95. The Morgan fingerprint density at radius 2 is 1.58 bits per heavy atom. The van der Waals surface area contributed by atoms with Crippen LogP contribution in [0.4, 0.5) is 0 Å². The lowest BCUT2D eigenvalue weighted by molar-refractivity contribution is -0.0266. The Bertz CT molecular complexity index is 747. The van der Waals surface area contributed by atoms with Gasteiger partial charge in [-0.05, 0) is 25.8 Å². The molecule has 0 saturated carbocycles. The maximum Gasteiger partial charge on any atom is 0.328 e. The van der Waals surface area contributed by atoms with Gasteiger partial charge in [0.15, 0.2) is 11.4 Å². The minimum absolute atomic E-state index is 0.0480. The average molecular weight is 376 g/mol. The third-order valence-electron chi connectivity index (χ3n) is 4.11. The zero-order valence-electron chi connectivity index (χ0n) is 15.1. The van der Waals surface area contributed by atoms with E-state index in [1.54, 1.807) is 50.2 Å². The number of rotatable bonds is 10. The molecule has 0 bridgehead atoms. The van der Waals surface area contributed by atoms with Crippen LogP contribution in [-0.4, -0.2) is 30.1 Å². The largest absolute Gasteiger partial charge is 0.362 e. The topological polar surface area (TPSA) is 72.8 Å². The molecule has 0 aromatic heterocycles. The summed E-state index contributed by atoms with van der Waals surface area (Å²) in [5, 5.41) is 0. The molecule has 0 aliphatic rings. The van der Waals surface area contributed by atoms with Crippen molar-refractivity contribution < 1.29 is 23.5 Å². The first-order valence-electron chi connectivity index (χ1n) is 8.71. The molecular formula is C20H25O5P. The molecule has 140 valence electrons. The number of carbonyl (C=O) groups is 1. The molecule has 0 amide bonds. The first kappa shape index (κ1) is 20.5. The number of ketones is 1. The molecule has 0 spiro atoms. The minimum atomic E-state index is -3.80. The van der Waals surface area contributed by atoms with Crippen LogP contribution >= 0.6 is 7.60 Å². The molecule has 0 heterocycles. The monoisotopic (exact) mass is 376 g/mol. The summed E-state index contributed by atoms with van der Waals surface area (Å²) >= 11 is 0. The summed E-state index contributed by atoms with van der Waals surface area (Å²) in [6.07, 6.45) is -0.124. The molecule has 0 radical (unpaired) electrons. The van der Waals surface area contributed by atoms with Gasteiger partial charge in [0, 0.05) is 12.2 Å². The van der Waals surface area contributed by atoms with Crippen molar-refractivity contribution in [1.29, 1.82) is 0 Å². The van der Waals surface area contributed by atoms with E-state index >= 15 is 0 Å². The van der Waals surface area contributed by atoms with Crippen molar-refractivity contribution in [2.45, 2.75) is 25.9 Å². The van der Waals surface area contributed by atoms with Crippen molar-refractivity contribution in [2.75, 3.05) is 19.4 Å². The molecule has 0 aliphatic carbocycles. The summed E-state index contributed by atoms with van der Waals surface area (Å²) in [6, 6.07) is 17.9. The highest BCUT2D eigenvalue weighted by molar-refractivity contribution is 7.52. The van der Waals surface area contributed by atoms with E-state index in [0.29, 0.717) is 11.1 Å². The molecule has 5 nitrogen and oxygen atoms in total. The van der Waals surface area contributed by atoms with Gasteiger partial charge in [0.05, 0.1) is 12.8 Å². The Morgan fingerprint density at radius 3 is 2.12 bits per heavy atom. The molecule has 6 heteroatoms. The smallest absolute Gasteiger partial charge is 0.328 e. The second kappa shape index (κ2) is 9.24. The lowest BCUT2D eigenvalue weighted by atomic mass is 9.83. The first-order chi connectivity index (χ1) is 12.4. The second-order valence-corrected chi connectivity index (χ2v) is 7.83. The van der Waals surface area contributed by atoms with Gasteiger partial charge in [0.25, 0.3) is 0 Å².